The average molecular weight is 290 g/mol. The number of rotatable bonds is 6. The normalized spacial score (nSPS) is 23.0. The molecule has 116 valence electrons. The highest BCUT2D eigenvalue weighted by Crippen LogP contribution is 2.21. The number of carbonyl (C=O) groups excluding carboxylic acids is 1. The zero-order valence-electron chi connectivity index (χ0n) is 13.2. The van der Waals surface area contributed by atoms with Gasteiger partial charge in [-0.2, -0.15) is 0 Å². The van der Waals surface area contributed by atoms with Gasteiger partial charge in [-0.15, -0.1) is 0 Å². The number of nitrogens with one attached hydrogen (secondary N) is 2. The standard InChI is InChI=1S/C17H26N2O2/c1-4-11-18-13(3)14-6-8-15(9-7-14)19-17(20)16-10-5-12(2)21-16/h6-9,12-13,16,18H,4-5,10-11H2,1-3H3,(H,19,20). The zero-order valence-corrected chi connectivity index (χ0v) is 13.2. The Kier molecular flexibility index (Phi) is 5.76. The van der Waals surface area contributed by atoms with Crippen LogP contribution in [-0.4, -0.2) is 24.7 Å². The first-order valence-corrected chi connectivity index (χ1v) is 7.89. The van der Waals surface area contributed by atoms with Gasteiger partial charge in [0.2, 0.25) is 0 Å². The fraction of sp³-hybridized carbons (Fsp3) is 0.588. The molecule has 0 bridgehead atoms. The number of hydrogen-bond donors (Lipinski definition) is 2. The molecule has 3 atom stereocenters. The lowest BCUT2D eigenvalue weighted by Crippen LogP contribution is -2.27. The van der Waals surface area contributed by atoms with Gasteiger partial charge < -0.3 is 15.4 Å². The van der Waals surface area contributed by atoms with Gasteiger partial charge >= 0.3 is 0 Å². The lowest BCUT2D eigenvalue weighted by atomic mass is 10.1. The average Bonchev–Trinajstić information content (AvgIpc) is 2.92. The molecule has 4 heteroatoms. The summed E-state index contributed by atoms with van der Waals surface area (Å²) >= 11 is 0. The summed E-state index contributed by atoms with van der Waals surface area (Å²) in [6.45, 7) is 7.32. The van der Waals surface area contributed by atoms with E-state index in [0.29, 0.717) is 6.04 Å². The first-order chi connectivity index (χ1) is 10.1. The van der Waals surface area contributed by atoms with Crippen LogP contribution >= 0.6 is 0 Å². The predicted octanol–water partition coefficient (Wildman–Crippen LogP) is 3.25. The smallest absolute Gasteiger partial charge is 0.253 e. The first kappa shape index (κ1) is 16.0. The van der Waals surface area contributed by atoms with Crippen LogP contribution in [0.25, 0.3) is 0 Å². The molecular weight excluding hydrogens is 264 g/mol. The fourth-order valence-electron chi connectivity index (χ4n) is 2.55. The van der Waals surface area contributed by atoms with E-state index in [2.05, 4.69) is 36.6 Å². The Hall–Kier alpha value is -1.39. The second kappa shape index (κ2) is 7.57. The van der Waals surface area contributed by atoms with E-state index in [1.807, 2.05) is 19.1 Å². The van der Waals surface area contributed by atoms with Crippen molar-refractivity contribution in [2.45, 2.75) is 58.3 Å². The van der Waals surface area contributed by atoms with Crippen molar-refractivity contribution in [2.75, 3.05) is 11.9 Å². The van der Waals surface area contributed by atoms with Crippen LogP contribution in [0.15, 0.2) is 24.3 Å². The summed E-state index contributed by atoms with van der Waals surface area (Å²) in [5.41, 5.74) is 2.06. The van der Waals surface area contributed by atoms with Crippen molar-refractivity contribution in [2.24, 2.45) is 0 Å². The Morgan fingerprint density at radius 2 is 2.05 bits per heavy atom. The van der Waals surface area contributed by atoms with Crippen molar-refractivity contribution < 1.29 is 9.53 Å². The van der Waals surface area contributed by atoms with Gasteiger partial charge in [0.05, 0.1) is 6.10 Å². The van der Waals surface area contributed by atoms with Crippen LogP contribution in [0, 0.1) is 0 Å². The van der Waals surface area contributed by atoms with Crippen molar-refractivity contribution in [1.82, 2.24) is 5.32 Å². The van der Waals surface area contributed by atoms with Crippen LogP contribution in [0.1, 0.15) is 51.6 Å². The molecular formula is C17H26N2O2. The molecule has 2 N–H and O–H groups in total. The van der Waals surface area contributed by atoms with Crippen LogP contribution in [0.2, 0.25) is 0 Å². The molecule has 1 aromatic rings. The number of ether oxygens (including phenoxy) is 1. The summed E-state index contributed by atoms with van der Waals surface area (Å²) in [7, 11) is 0. The van der Waals surface area contributed by atoms with Crippen molar-refractivity contribution in [1.29, 1.82) is 0 Å². The van der Waals surface area contributed by atoms with E-state index in [9.17, 15) is 4.79 Å². The number of anilines is 1. The van der Waals surface area contributed by atoms with Crippen molar-refractivity contribution in [3.8, 4) is 0 Å². The Morgan fingerprint density at radius 3 is 2.62 bits per heavy atom. The predicted molar refractivity (Wildman–Crippen MR) is 85.3 cm³/mol. The van der Waals surface area contributed by atoms with Crippen molar-refractivity contribution in [3.63, 3.8) is 0 Å². The molecule has 2 rings (SSSR count). The van der Waals surface area contributed by atoms with Gasteiger partial charge in [-0.25, -0.2) is 0 Å². The van der Waals surface area contributed by atoms with E-state index in [0.717, 1.165) is 31.5 Å². The molecule has 1 aliphatic heterocycles. The molecule has 0 aromatic heterocycles. The van der Waals surface area contributed by atoms with E-state index in [1.165, 1.54) is 5.56 Å². The third-order valence-corrected chi connectivity index (χ3v) is 3.90. The maximum absolute atomic E-state index is 12.1. The molecule has 1 heterocycles. The maximum atomic E-state index is 12.1. The lowest BCUT2D eigenvalue weighted by molar-refractivity contribution is -0.126. The van der Waals surface area contributed by atoms with Crippen LogP contribution in [0.4, 0.5) is 5.69 Å². The van der Waals surface area contributed by atoms with Gasteiger partial charge in [0.25, 0.3) is 5.91 Å². The summed E-state index contributed by atoms with van der Waals surface area (Å²) < 4.78 is 5.58. The summed E-state index contributed by atoms with van der Waals surface area (Å²) in [6.07, 6.45) is 2.78. The second-order valence-corrected chi connectivity index (χ2v) is 5.80. The third kappa shape index (κ3) is 4.55. The molecule has 4 nitrogen and oxygen atoms in total. The third-order valence-electron chi connectivity index (χ3n) is 3.90. The van der Waals surface area contributed by atoms with Gasteiger partial charge in [0, 0.05) is 11.7 Å². The monoisotopic (exact) mass is 290 g/mol. The Morgan fingerprint density at radius 1 is 1.33 bits per heavy atom. The quantitative estimate of drug-likeness (QED) is 0.845. The molecule has 0 spiro atoms. The van der Waals surface area contributed by atoms with Crippen LogP contribution in [0.3, 0.4) is 0 Å². The maximum Gasteiger partial charge on any atom is 0.253 e. The van der Waals surface area contributed by atoms with Gasteiger partial charge in [-0.05, 0) is 57.4 Å². The Labute approximate surface area is 127 Å². The van der Waals surface area contributed by atoms with Gasteiger partial charge in [0.15, 0.2) is 0 Å². The number of hydrogen-bond acceptors (Lipinski definition) is 3. The van der Waals surface area contributed by atoms with E-state index in [4.69, 9.17) is 4.74 Å². The van der Waals surface area contributed by atoms with E-state index in [1.54, 1.807) is 0 Å². The minimum Gasteiger partial charge on any atom is -0.365 e. The second-order valence-electron chi connectivity index (χ2n) is 5.80. The highest BCUT2D eigenvalue weighted by atomic mass is 16.5. The van der Waals surface area contributed by atoms with Crippen LogP contribution < -0.4 is 10.6 Å². The number of benzene rings is 1. The highest BCUT2D eigenvalue weighted by Gasteiger charge is 2.28. The van der Waals surface area contributed by atoms with Crippen LogP contribution in [-0.2, 0) is 9.53 Å². The molecule has 1 fully saturated rings. The first-order valence-electron chi connectivity index (χ1n) is 7.89. The molecule has 1 saturated heterocycles. The molecule has 1 amide bonds. The van der Waals surface area contributed by atoms with E-state index in [-0.39, 0.29) is 18.1 Å². The summed E-state index contributed by atoms with van der Waals surface area (Å²) in [4.78, 5) is 12.1. The zero-order chi connectivity index (χ0) is 15.2. The SMILES string of the molecule is CCCNC(C)c1ccc(NC(=O)C2CCC(C)O2)cc1. The molecule has 21 heavy (non-hydrogen) atoms. The van der Waals surface area contributed by atoms with Gasteiger partial charge in [-0.1, -0.05) is 19.1 Å². The summed E-state index contributed by atoms with van der Waals surface area (Å²) in [5.74, 6) is -0.0377. The van der Waals surface area contributed by atoms with Gasteiger partial charge in [-0.3, -0.25) is 4.79 Å². The van der Waals surface area contributed by atoms with Crippen LogP contribution in [0.5, 0.6) is 0 Å². The van der Waals surface area contributed by atoms with E-state index >= 15 is 0 Å². The molecule has 0 aliphatic carbocycles. The molecule has 1 aromatic carbocycles. The van der Waals surface area contributed by atoms with Crippen molar-refractivity contribution >= 4 is 11.6 Å². The lowest BCUT2D eigenvalue weighted by Gasteiger charge is -2.15. The number of carbonyl (C=O) groups is 1. The molecule has 0 radical (unpaired) electrons. The minimum atomic E-state index is -0.301. The summed E-state index contributed by atoms with van der Waals surface area (Å²) in [5, 5.41) is 6.38. The summed E-state index contributed by atoms with van der Waals surface area (Å²) in [6, 6.07) is 8.35. The highest BCUT2D eigenvalue weighted by molar-refractivity contribution is 5.94. The molecule has 3 unspecified atom stereocenters. The fourth-order valence-corrected chi connectivity index (χ4v) is 2.55. The molecule has 1 aliphatic rings. The van der Waals surface area contributed by atoms with E-state index < -0.39 is 0 Å². The minimum absolute atomic E-state index is 0.0377. The van der Waals surface area contributed by atoms with Crippen molar-refractivity contribution in [3.05, 3.63) is 29.8 Å². The van der Waals surface area contributed by atoms with Gasteiger partial charge in [0.1, 0.15) is 6.10 Å². The number of amides is 1. The Bertz CT molecular complexity index is 458. The largest absolute Gasteiger partial charge is 0.365 e. The topological polar surface area (TPSA) is 50.4 Å². The Balaban J connectivity index is 1.88. The molecule has 0 saturated carbocycles.